The molecule has 3 aromatic rings. The van der Waals surface area contributed by atoms with Crippen LogP contribution in [0, 0.1) is 13.8 Å². The van der Waals surface area contributed by atoms with Gasteiger partial charge < -0.3 is 5.32 Å². The molecule has 0 aliphatic rings. The topological polar surface area (TPSA) is 90.5 Å². The van der Waals surface area contributed by atoms with Crippen molar-refractivity contribution in [2.24, 2.45) is 0 Å². The van der Waals surface area contributed by atoms with E-state index in [2.05, 4.69) is 25.9 Å². The van der Waals surface area contributed by atoms with Crippen LogP contribution in [0.3, 0.4) is 0 Å². The van der Waals surface area contributed by atoms with Crippen LogP contribution in [0.25, 0.3) is 11.4 Å². The lowest BCUT2D eigenvalue weighted by molar-refractivity contribution is 0.0952. The number of hydrogen-bond donors (Lipinski definition) is 1. The van der Waals surface area contributed by atoms with E-state index in [1.54, 1.807) is 10.7 Å². The minimum atomic E-state index is -0.128. The van der Waals surface area contributed by atoms with Gasteiger partial charge in [0.2, 0.25) is 0 Å². The number of aryl methyl sites for hydroxylation is 2. The summed E-state index contributed by atoms with van der Waals surface area (Å²) in [5.74, 6) is 0.522. The first-order valence-electron chi connectivity index (χ1n) is 8.63. The van der Waals surface area contributed by atoms with Crippen LogP contribution < -0.4 is 5.32 Å². The third kappa shape index (κ3) is 3.79. The van der Waals surface area contributed by atoms with Crippen molar-refractivity contribution in [1.82, 2.24) is 35.3 Å². The molecule has 2 aromatic heterocycles. The minimum Gasteiger partial charge on any atom is -0.350 e. The molecule has 8 nitrogen and oxygen atoms in total. The molecule has 0 saturated heterocycles. The fourth-order valence-corrected chi connectivity index (χ4v) is 2.81. The molecule has 0 radical (unpaired) electrons. The van der Waals surface area contributed by atoms with Crippen LogP contribution in [0.2, 0.25) is 0 Å². The van der Waals surface area contributed by atoms with Crippen LogP contribution in [0.1, 0.15) is 41.6 Å². The van der Waals surface area contributed by atoms with E-state index in [0.717, 1.165) is 17.0 Å². The average molecular weight is 353 g/mol. The van der Waals surface area contributed by atoms with Gasteiger partial charge >= 0.3 is 0 Å². The molecule has 26 heavy (non-hydrogen) atoms. The Morgan fingerprint density at radius 1 is 1.23 bits per heavy atom. The van der Waals surface area contributed by atoms with Gasteiger partial charge in [-0.3, -0.25) is 9.48 Å². The van der Waals surface area contributed by atoms with Crippen molar-refractivity contribution in [3.8, 4) is 11.4 Å². The second-order valence-electron chi connectivity index (χ2n) is 6.53. The van der Waals surface area contributed by atoms with Crippen molar-refractivity contribution in [3.05, 3.63) is 47.3 Å². The van der Waals surface area contributed by atoms with Gasteiger partial charge in [-0.2, -0.15) is 5.10 Å². The molecule has 0 aliphatic heterocycles. The molecular formula is C18H23N7O. The summed E-state index contributed by atoms with van der Waals surface area (Å²) in [6.45, 7) is 9.12. The molecule has 1 aromatic carbocycles. The molecule has 1 amide bonds. The van der Waals surface area contributed by atoms with Gasteiger partial charge in [0, 0.05) is 23.4 Å². The van der Waals surface area contributed by atoms with Gasteiger partial charge in [0.15, 0.2) is 5.82 Å². The summed E-state index contributed by atoms with van der Waals surface area (Å²) in [4.78, 5) is 12.5. The number of nitrogens with zero attached hydrogens (tertiary/aromatic N) is 6. The molecule has 0 spiro atoms. The highest BCUT2D eigenvalue weighted by atomic mass is 16.1. The van der Waals surface area contributed by atoms with E-state index in [-0.39, 0.29) is 11.9 Å². The number of carbonyl (C=O) groups excluding carboxylic acids is 1. The van der Waals surface area contributed by atoms with Gasteiger partial charge in [0.25, 0.3) is 5.91 Å². The van der Waals surface area contributed by atoms with Crippen LogP contribution in [0.5, 0.6) is 0 Å². The molecule has 3 rings (SSSR count). The molecule has 0 bridgehead atoms. The Hall–Kier alpha value is -3.03. The summed E-state index contributed by atoms with van der Waals surface area (Å²) in [7, 11) is 0. The van der Waals surface area contributed by atoms with Crippen LogP contribution >= 0.6 is 0 Å². The van der Waals surface area contributed by atoms with Crippen molar-refractivity contribution in [2.45, 2.75) is 40.3 Å². The number of rotatable bonds is 6. The molecular weight excluding hydrogens is 330 g/mol. The van der Waals surface area contributed by atoms with Gasteiger partial charge in [-0.15, -0.1) is 5.10 Å². The van der Waals surface area contributed by atoms with E-state index >= 15 is 0 Å². The Morgan fingerprint density at radius 3 is 2.73 bits per heavy atom. The largest absolute Gasteiger partial charge is 0.350 e. The number of tetrazole rings is 1. The Morgan fingerprint density at radius 2 is 2.04 bits per heavy atom. The standard InChI is InChI=1S/C18H23N7O/c1-12(2)25-17(20-22-23-25)15-6-5-7-16(11-15)18(26)19-8-9-24-14(4)10-13(3)21-24/h5-7,10-12H,8-9H2,1-4H3,(H,19,26). The number of carbonyl (C=O) groups is 1. The summed E-state index contributed by atoms with van der Waals surface area (Å²) in [6.07, 6.45) is 0. The lowest BCUT2D eigenvalue weighted by atomic mass is 10.1. The second kappa shape index (κ2) is 7.47. The molecule has 0 saturated carbocycles. The summed E-state index contributed by atoms with van der Waals surface area (Å²) >= 11 is 0. The highest BCUT2D eigenvalue weighted by molar-refractivity contribution is 5.95. The third-order valence-corrected chi connectivity index (χ3v) is 4.08. The van der Waals surface area contributed by atoms with Gasteiger partial charge in [-0.25, -0.2) is 4.68 Å². The van der Waals surface area contributed by atoms with E-state index in [1.165, 1.54) is 0 Å². The van der Waals surface area contributed by atoms with Crippen molar-refractivity contribution in [1.29, 1.82) is 0 Å². The minimum absolute atomic E-state index is 0.128. The molecule has 136 valence electrons. The van der Waals surface area contributed by atoms with E-state index in [0.29, 0.717) is 24.5 Å². The first kappa shape index (κ1) is 17.8. The van der Waals surface area contributed by atoms with E-state index in [9.17, 15) is 4.79 Å². The fraction of sp³-hybridized carbons (Fsp3) is 0.389. The zero-order chi connectivity index (χ0) is 18.7. The maximum Gasteiger partial charge on any atom is 0.251 e. The van der Waals surface area contributed by atoms with Gasteiger partial charge in [0.1, 0.15) is 0 Å². The molecule has 0 unspecified atom stereocenters. The fourth-order valence-electron chi connectivity index (χ4n) is 2.81. The molecule has 0 fully saturated rings. The molecule has 0 atom stereocenters. The second-order valence-corrected chi connectivity index (χ2v) is 6.53. The highest BCUT2D eigenvalue weighted by Crippen LogP contribution is 2.20. The molecule has 2 heterocycles. The van der Waals surface area contributed by atoms with E-state index in [4.69, 9.17) is 0 Å². The number of benzene rings is 1. The smallest absolute Gasteiger partial charge is 0.251 e. The van der Waals surface area contributed by atoms with Crippen LogP contribution in [0.15, 0.2) is 30.3 Å². The monoisotopic (exact) mass is 353 g/mol. The summed E-state index contributed by atoms with van der Waals surface area (Å²) < 4.78 is 3.63. The van der Waals surface area contributed by atoms with Crippen LogP contribution in [-0.2, 0) is 6.54 Å². The van der Waals surface area contributed by atoms with Crippen molar-refractivity contribution in [3.63, 3.8) is 0 Å². The first-order chi connectivity index (χ1) is 12.5. The first-order valence-corrected chi connectivity index (χ1v) is 8.63. The summed E-state index contributed by atoms with van der Waals surface area (Å²) in [6, 6.07) is 9.49. The van der Waals surface area contributed by atoms with Gasteiger partial charge in [-0.1, -0.05) is 12.1 Å². The Labute approximate surface area is 152 Å². The maximum atomic E-state index is 12.5. The zero-order valence-corrected chi connectivity index (χ0v) is 15.5. The highest BCUT2D eigenvalue weighted by Gasteiger charge is 2.13. The van der Waals surface area contributed by atoms with Crippen LogP contribution in [-0.4, -0.2) is 42.4 Å². The van der Waals surface area contributed by atoms with Crippen molar-refractivity contribution in [2.75, 3.05) is 6.54 Å². The SMILES string of the molecule is Cc1cc(C)n(CCNC(=O)c2cccc(-c3nnnn3C(C)C)c2)n1. The van der Waals surface area contributed by atoms with E-state index < -0.39 is 0 Å². The summed E-state index contributed by atoms with van der Waals surface area (Å²) in [5, 5.41) is 19.2. The van der Waals surface area contributed by atoms with E-state index in [1.807, 2.05) is 56.6 Å². The predicted octanol–water partition coefficient (Wildman–Crippen LogP) is 2.16. The van der Waals surface area contributed by atoms with Gasteiger partial charge in [0.05, 0.1) is 18.3 Å². The number of hydrogen-bond acceptors (Lipinski definition) is 5. The van der Waals surface area contributed by atoms with Crippen LogP contribution in [0.4, 0.5) is 0 Å². The number of nitrogens with one attached hydrogen (secondary N) is 1. The third-order valence-electron chi connectivity index (χ3n) is 4.08. The lowest BCUT2D eigenvalue weighted by Gasteiger charge is -2.10. The molecule has 1 N–H and O–H groups in total. The average Bonchev–Trinajstić information content (AvgIpc) is 3.22. The lowest BCUT2D eigenvalue weighted by Crippen LogP contribution is -2.27. The predicted molar refractivity (Wildman–Crippen MR) is 97.7 cm³/mol. The Bertz CT molecular complexity index is 910. The van der Waals surface area contributed by atoms with Crippen molar-refractivity contribution < 1.29 is 4.79 Å². The summed E-state index contributed by atoms with van der Waals surface area (Å²) in [5.41, 5.74) is 3.45. The number of aromatic nitrogens is 6. The maximum absolute atomic E-state index is 12.5. The quantitative estimate of drug-likeness (QED) is 0.733. The zero-order valence-electron chi connectivity index (χ0n) is 15.5. The normalized spacial score (nSPS) is 11.1. The van der Waals surface area contributed by atoms with Crippen molar-refractivity contribution >= 4 is 5.91 Å². The van der Waals surface area contributed by atoms with Gasteiger partial charge in [-0.05, 0) is 56.3 Å². The Balaban J connectivity index is 1.68. The molecule has 8 heteroatoms. The molecule has 0 aliphatic carbocycles. The number of amides is 1. The Kier molecular flexibility index (Phi) is 5.11.